The van der Waals surface area contributed by atoms with Crippen molar-refractivity contribution < 1.29 is 4.79 Å². The van der Waals surface area contributed by atoms with Crippen LogP contribution in [0.5, 0.6) is 0 Å². The molecule has 1 amide bonds. The Kier molecular flexibility index (Phi) is 5.42. The van der Waals surface area contributed by atoms with Gasteiger partial charge in [0.15, 0.2) is 16.1 Å². The molecule has 0 fully saturated rings. The van der Waals surface area contributed by atoms with Crippen LogP contribution in [0.4, 0.5) is 5.13 Å². The van der Waals surface area contributed by atoms with Crippen LogP contribution in [0.25, 0.3) is 27.3 Å². The topological polar surface area (TPSA) is 85.6 Å². The van der Waals surface area contributed by atoms with Gasteiger partial charge >= 0.3 is 0 Å². The van der Waals surface area contributed by atoms with Crippen molar-refractivity contribution in [3.05, 3.63) is 79.1 Å². The molecule has 152 valence electrons. The fourth-order valence-electron chi connectivity index (χ4n) is 3.07. The SMILES string of the molecule is O=C(CSc1nnc(-c2cccnc2)n1-c1ccccc1)Nc1nc2ccccc2s1. The Morgan fingerprint density at radius 2 is 1.84 bits per heavy atom. The molecule has 9 heteroatoms. The van der Waals surface area contributed by atoms with Crippen LogP contribution in [-0.4, -0.2) is 36.4 Å². The zero-order valence-corrected chi connectivity index (χ0v) is 17.8. The van der Waals surface area contributed by atoms with E-state index in [0.717, 1.165) is 21.5 Å². The highest BCUT2D eigenvalue weighted by Gasteiger charge is 2.17. The van der Waals surface area contributed by atoms with E-state index in [1.54, 1.807) is 12.4 Å². The molecule has 2 aromatic carbocycles. The molecule has 0 aliphatic carbocycles. The van der Waals surface area contributed by atoms with Gasteiger partial charge in [-0.1, -0.05) is 53.4 Å². The molecule has 5 rings (SSSR count). The van der Waals surface area contributed by atoms with Gasteiger partial charge in [0.25, 0.3) is 0 Å². The number of carbonyl (C=O) groups is 1. The zero-order valence-electron chi connectivity index (χ0n) is 16.2. The lowest BCUT2D eigenvalue weighted by molar-refractivity contribution is -0.113. The maximum Gasteiger partial charge on any atom is 0.236 e. The Hall–Kier alpha value is -3.56. The number of amides is 1. The molecule has 0 bridgehead atoms. The molecule has 1 N–H and O–H groups in total. The minimum Gasteiger partial charge on any atom is -0.301 e. The molecule has 0 unspecified atom stereocenters. The third-order valence-electron chi connectivity index (χ3n) is 4.44. The smallest absolute Gasteiger partial charge is 0.236 e. The highest BCUT2D eigenvalue weighted by molar-refractivity contribution is 7.99. The molecule has 7 nitrogen and oxygen atoms in total. The average Bonchev–Trinajstić information content (AvgIpc) is 3.42. The summed E-state index contributed by atoms with van der Waals surface area (Å²) in [5.74, 6) is 0.719. The summed E-state index contributed by atoms with van der Waals surface area (Å²) in [5.41, 5.74) is 2.64. The van der Waals surface area contributed by atoms with Crippen molar-refractivity contribution in [2.45, 2.75) is 5.16 Å². The normalized spacial score (nSPS) is 11.0. The number of thioether (sulfide) groups is 1. The number of hydrogen-bond acceptors (Lipinski definition) is 7. The maximum absolute atomic E-state index is 12.6. The number of benzene rings is 2. The van der Waals surface area contributed by atoms with E-state index in [-0.39, 0.29) is 11.7 Å². The highest BCUT2D eigenvalue weighted by atomic mass is 32.2. The number of fused-ring (bicyclic) bond motifs is 1. The number of hydrogen-bond donors (Lipinski definition) is 1. The summed E-state index contributed by atoms with van der Waals surface area (Å²) >= 11 is 2.78. The average molecular weight is 445 g/mol. The van der Waals surface area contributed by atoms with Crippen LogP contribution in [0.1, 0.15) is 0 Å². The predicted octanol–water partition coefficient (Wildman–Crippen LogP) is 4.67. The van der Waals surface area contributed by atoms with Crippen LogP contribution in [0.3, 0.4) is 0 Å². The van der Waals surface area contributed by atoms with Crippen LogP contribution in [0, 0.1) is 0 Å². The molecule has 5 aromatic rings. The molecule has 0 aliphatic heterocycles. The molecule has 0 saturated heterocycles. The second kappa shape index (κ2) is 8.66. The van der Waals surface area contributed by atoms with E-state index in [1.165, 1.54) is 23.1 Å². The van der Waals surface area contributed by atoms with E-state index in [0.29, 0.717) is 16.1 Å². The number of nitrogens with one attached hydrogen (secondary N) is 1. The van der Waals surface area contributed by atoms with E-state index in [4.69, 9.17) is 0 Å². The first-order chi connectivity index (χ1) is 15.3. The van der Waals surface area contributed by atoms with Crippen molar-refractivity contribution in [3.8, 4) is 17.1 Å². The lowest BCUT2D eigenvalue weighted by Crippen LogP contribution is -2.14. The summed E-state index contributed by atoms with van der Waals surface area (Å²) in [4.78, 5) is 21.2. The van der Waals surface area contributed by atoms with E-state index < -0.39 is 0 Å². The summed E-state index contributed by atoms with van der Waals surface area (Å²) in [6.07, 6.45) is 3.46. The van der Waals surface area contributed by atoms with E-state index >= 15 is 0 Å². The van der Waals surface area contributed by atoms with Crippen molar-refractivity contribution in [1.82, 2.24) is 24.7 Å². The molecule has 0 atom stereocenters. The van der Waals surface area contributed by atoms with Crippen molar-refractivity contribution in [2.24, 2.45) is 0 Å². The van der Waals surface area contributed by atoms with Gasteiger partial charge in [0.1, 0.15) is 0 Å². The number of thiazole rings is 1. The summed E-state index contributed by atoms with van der Waals surface area (Å²) in [6.45, 7) is 0. The molecular weight excluding hydrogens is 428 g/mol. The Bertz CT molecular complexity index is 1300. The Morgan fingerprint density at radius 3 is 2.65 bits per heavy atom. The van der Waals surface area contributed by atoms with Gasteiger partial charge in [-0.25, -0.2) is 4.98 Å². The minimum absolute atomic E-state index is 0.144. The van der Waals surface area contributed by atoms with Crippen LogP contribution in [0.15, 0.2) is 84.3 Å². The Morgan fingerprint density at radius 1 is 1.00 bits per heavy atom. The van der Waals surface area contributed by atoms with E-state index in [1.807, 2.05) is 71.3 Å². The maximum atomic E-state index is 12.6. The van der Waals surface area contributed by atoms with Crippen molar-refractivity contribution in [1.29, 1.82) is 0 Å². The van der Waals surface area contributed by atoms with Gasteiger partial charge in [-0.3, -0.25) is 14.3 Å². The van der Waals surface area contributed by atoms with E-state index in [9.17, 15) is 4.79 Å². The first-order valence-electron chi connectivity index (χ1n) is 9.47. The second-order valence-corrected chi connectivity index (χ2v) is 8.52. The van der Waals surface area contributed by atoms with Gasteiger partial charge in [-0.2, -0.15) is 0 Å². The fraction of sp³-hybridized carbons (Fsp3) is 0.0455. The summed E-state index contributed by atoms with van der Waals surface area (Å²) in [7, 11) is 0. The second-order valence-electron chi connectivity index (χ2n) is 6.54. The van der Waals surface area contributed by atoms with Crippen LogP contribution < -0.4 is 5.32 Å². The van der Waals surface area contributed by atoms with Gasteiger partial charge in [0, 0.05) is 23.6 Å². The molecule has 0 radical (unpaired) electrons. The first-order valence-corrected chi connectivity index (χ1v) is 11.3. The highest BCUT2D eigenvalue weighted by Crippen LogP contribution is 2.28. The van der Waals surface area contributed by atoms with Crippen LogP contribution in [0.2, 0.25) is 0 Å². The van der Waals surface area contributed by atoms with Gasteiger partial charge in [-0.05, 0) is 36.4 Å². The lowest BCUT2D eigenvalue weighted by atomic mass is 10.2. The van der Waals surface area contributed by atoms with Crippen LogP contribution in [-0.2, 0) is 4.79 Å². The summed E-state index contributed by atoms with van der Waals surface area (Å²) < 4.78 is 2.97. The fourth-order valence-corrected chi connectivity index (χ4v) is 4.70. The molecule has 3 aromatic heterocycles. The number of anilines is 1. The van der Waals surface area contributed by atoms with Crippen molar-refractivity contribution in [3.63, 3.8) is 0 Å². The van der Waals surface area contributed by atoms with Crippen molar-refractivity contribution in [2.75, 3.05) is 11.1 Å². The van der Waals surface area contributed by atoms with Gasteiger partial charge in [0.2, 0.25) is 5.91 Å². The first kappa shape index (κ1) is 19.4. The summed E-state index contributed by atoms with van der Waals surface area (Å²) in [5, 5.41) is 12.8. The largest absolute Gasteiger partial charge is 0.301 e. The number of rotatable bonds is 6. The number of aromatic nitrogens is 5. The molecule has 0 aliphatic rings. The van der Waals surface area contributed by atoms with Gasteiger partial charge < -0.3 is 5.32 Å². The lowest BCUT2D eigenvalue weighted by Gasteiger charge is -2.10. The third-order valence-corrected chi connectivity index (χ3v) is 6.32. The third kappa shape index (κ3) is 4.18. The number of pyridine rings is 1. The standard InChI is InChI=1S/C22H16N6OS2/c29-19(25-21-24-17-10-4-5-11-18(17)31-21)14-30-22-27-26-20(15-7-6-12-23-13-15)28(22)16-8-2-1-3-9-16/h1-13H,14H2,(H,24,25,29). The molecule has 3 heterocycles. The zero-order chi connectivity index (χ0) is 21.0. The van der Waals surface area contributed by atoms with Crippen LogP contribution >= 0.6 is 23.1 Å². The Labute approximate surface area is 186 Å². The number of nitrogens with zero attached hydrogens (tertiary/aromatic N) is 5. The Balaban J connectivity index is 1.37. The molecule has 0 saturated carbocycles. The number of carbonyl (C=O) groups excluding carboxylic acids is 1. The number of para-hydroxylation sites is 2. The molecule has 0 spiro atoms. The van der Waals surface area contributed by atoms with Gasteiger partial charge in [-0.15, -0.1) is 10.2 Å². The quantitative estimate of drug-likeness (QED) is 0.383. The summed E-state index contributed by atoms with van der Waals surface area (Å²) in [6, 6.07) is 21.4. The van der Waals surface area contributed by atoms with Crippen molar-refractivity contribution >= 4 is 44.4 Å². The minimum atomic E-state index is -0.144. The predicted molar refractivity (Wildman–Crippen MR) is 124 cm³/mol. The van der Waals surface area contributed by atoms with Gasteiger partial charge in [0.05, 0.1) is 16.0 Å². The molecular formula is C22H16N6OS2. The van der Waals surface area contributed by atoms with E-state index in [2.05, 4.69) is 25.5 Å². The monoisotopic (exact) mass is 444 g/mol. The molecule has 31 heavy (non-hydrogen) atoms.